The summed E-state index contributed by atoms with van der Waals surface area (Å²) in [6.45, 7) is 2.36. The van der Waals surface area contributed by atoms with Crippen LogP contribution in [0.5, 0.6) is 0 Å². The molecule has 2 aliphatic rings. The molecule has 0 bridgehead atoms. The Morgan fingerprint density at radius 1 is 1.54 bits per heavy atom. The van der Waals surface area contributed by atoms with E-state index in [0.717, 1.165) is 25.9 Å². The van der Waals surface area contributed by atoms with Gasteiger partial charge in [-0.25, -0.2) is 0 Å². The Kier molecular flexibility index (Phi) is 2.51. The lowest BCUT2D eigenvalue weighted by Crippen LogP contribution is -2.53. The van der Waals surface area contributed by atoms with Crippen LogP contribution in [0, 0.1) is 0 Å². The van der Waals surface area contributed by atoms with Crippen LogP contribution in [0.25, 0.3) is 0 Å². The van der Waals surface area contributed by atoms with Gasteiger partial charge in [0.1, 0.15) is 0 Å². The Morgan fingerprint density at radius 3 is 3.00 bits per heavy atom. The second kappa shape index (κ2) is 3.64. The molecule has 0 unspecified atom stereocenters. The molecule has 0 spiro atoms. The van der Waals surface area contributed by atoms with Gasteiger partial charge in [-0.05, 0) is 19.4 Å². The summed E-state index contributed by atoms with van der Waals surface area (Å²) >= 11 is 0. The maximum atomic E-state index is 11.4. The van der Waals surface area contributed by atoms with Gasteiger partial charge in [-0.2, -0.15) is 0 Å². The Hall–Kier alpha value is -0.610. The number of β-amino-alcohol motifs (C(OH)–C–C–N with tert-alkyl or cyclic N) is 1. The zero-order valence-electron chi connectivity index (χ0n) is 7.70. The molecule has 4 nitrogen and oxygen atoms in total. The molecule has 2 rings (SSSR count). The predicted octanol–water partition coefficient (Wildman–Crippen LogP) is -0.668. The minimum absolute atomic E-state index is 0.0660. The van der Waals surface area contributed by atoms with Crippen molar-refractivity contribution in [2.24, 2.45) is 0 Å². The molecular formula is C9H16N2O2. The van der Waals surface area contributed by atoms with E-state index < -0.39 is 0 Å². The monoisotopic (exact) mass is 184 g/mol. The van der Waals surface area contributed by atoms with Crippen LogP contribution in [-0.4, -0.2) is 47.7 Å². The molecule has 0 aromatic heterocycles. The SMILES string of the molecule is O=C1CCCN1[C@@H]1CCNC[C@@H]1O. The van der Waals surface area contributed by atoms with Crippen molar-refractivity contribution >= 4 is 5.91 Å². The average molecular weight is 184 g/mol. The third-order valence-corrected chi connectivity index (χ3v) is 2.92. The summed E-state index contributed by atoms with van der Waals surface area (Å²) in [4.78, 5) is 13.3. The summed E-state index contributed by atoms with van der Waals surface area (Å²) in [5.41, 5.74) is 0. The normalized spacial score (nSPS) is 35.5. The number of hydrogen-bond acceptors (Lipinski definition) is 3. The van der Waals surface area contributed by atoms with Gasteiger partial charge in [0, 0.05) is 19.5 Å². The Bertz CT molecular complexity index is 208. The van der Waals surface area contributed by atoms with Crippen LogP contribution in [-0.2, 0) is 4.79 Å². The Morgan fingerprint density at radius 2 is 2.38 bits per heavy atom. The lowest BCUT2D eigenvalue weighted by atomic mass is 10.0. The van der Waals surface area contributed by atoms with Crippen LogP contribution in [0.4, 0.5) is 0 Å². The number of amides is 1. The third kappa shape index (κ3) is 1.69. The van der Waals surface area contributed by atoms with Crippen molar-refractivity contribution in [1.82, 2.24) is 10.2 Å². The van der Waals surface area contributed by atoms with Gasteiger partial charge in [0.25, 0.3) is 0 Å². The fraction of sp³-hybridized carbons (Fsp3) is 0.889. The Labute approximate surface area is 77.9 Å². The minimum Gasteiger partial charge on any atom is -0.390 e. The van der Waals surface area contributed by atoms with Crippen molar-refractivity contribution in [2.45, 2.75) is 31.4 Å². The van der Waals surface area contributed by atoms with E-state index in [9.17, 15) is 9.90 Å². The number of aliphatic hydroxyl groups is 1. The molecule has 1 amide bonds. The molecule has 0 aromatic rings. The number of nitrogens with one attached hydrogen (secondary N) is 1. The van der Waals surface area contributed by atoms with Gasteiger partial charge < -0.3 is 15.3 Å². The van der Waals surface area contributed by atoms with Crippen LogP contribution < -0.4 is 5.32 Å². The van der Waals surface area contributed by atoms with E-state index in [1.807, 2.05) is 4.90 Å². The van der Waals surface area contributed by atoms with Crippen molar-refractivity contribution in [1.29, 1.82) is 0 Å². The molecule has 2 saturated heterocycles. The van der Waals surface area contributed by atoms with Crippen molar-refractivity contribution in [2.75, 3.05) is 19.6 Å². The summed E-state index contributed by atoms with van der Waals surface area (Å²) in [5, 5.41) is 12.8. The van der Waals surface area contributed by atoms with E-state index in [4.69, 9.17) is 0 Å². The highest BCUT2D eigenvalue weighted by molar-refractivity contribution is 5.78. The zero-order chi connectivity index (χ0) is 9.26. The molecule has 4 heteroatoms. The Balaban J connectivity index is 2.01. The smallest absolute Gasteiger partial charge is 0.222 e. The van der Waals surface area contributed by atoms with Crippen LogP contribution in [0.3, 0.4) is 0 Å². The van der Waals surface area contributed by atoms with Crippen LogP contribution >= 0.6 is 0 Å². The van der Waals surface area contributed by atoms with Gasteiger partial charge in [-0.1, -0.05) is 0 Å². The van der Waals surface area contributed by atoms with E-state index in [1.165, 1.54) is 0 Å². The first-order valence-electron chi connectivity index (χ1n) is 4.97. The van der Waals surface area contributed by atoms with E-state index >= 15 is 0 Å². The van der Waals surface area contributed by atoms with E-state index in [2.05, 4.69) is 5.32 Å². The number of nitrogens with zero attached hydrogens (tertiary/aromatic N) is 1. The maximum absolute atomic E-state index is 11.4. The molecule has 2 N–H and O–H groups in total. The molecule has 0 saturated carbocycles. The summed E-state index contributed by atoms with van der Waals surface area (Å²) in [7, 11) is 0. The van der Waals surface area contributed by atoms with Gasteiger partial charge in [0.2, 0.25) is 5.91 Å². The molecule has 13 heavy (non-hydrogen) atoms. The number of piperidine rings is 1. The molecule has 0 aliphatic carbocycles. The molecule has 2 atom stereocenters. The fourth-order valence-electron chi connectivity index (χ4n) is 2.21. The van der Waals surface area contributed by atoms with Gasteiger partial charge in [0.05, 0.1) is 12.1 Å². The number of carbonyl (C=O) groups is 1. The number of aliphatic hydroxyl groups excluding tert-OH is 1. The minimum atomic E-state index is -0.379. The molecule has 2 aliphatic heterocycles. The maximum Gasteiger partial charge on any atom is 0.222 e. The van der Waals surface area contributed by atoms with Crippen molar-refractivity contribution < 1.29 is 9.90 Å². The standard InChI is InChI=1S/C9H16N2O2/c12-8-6-10-4-3-7(8)11-5-1-2-9(11)13/h7-8,10,12H,1-6H2/t7-,8+/m1/s1. The summed E-state index contributed by atoms with van der Waals surface area (Å²) < 4.78 is 0. The number of hydrogen-bond donors (Lipinski definition) is 2. The van der Waals surface area contributed by atoms with Crippen molar-refractivity contribution in [3.05, 3.63) is 0 Å². The first-order valence-corrected chi connectivity index (χ1v) is 4.97. The second-order valence-electron chi connectivity index (χ2n) is 3.82. The third-order valence-electron chi connectivity index (χ3n) is 2.92. The average Bonchev–Trinajstić information content (AvgIpc) is 2.52. The molecule has 0 radical (unpaired) electrons. The lowest BCUT2D eigenvalue weighted by molar-refractivity contribution is -0.132. The first kappa shape index (κ1) is 8.97. The van der Waals surface area contributed by atoms with Gasteiger partial charge in [0.15, 0.2) is 0 Å². The van der Waals surface area contributed by atoms with E-state index in [-0.39, 0.29) is 18.1 Å². The highest BCUT2D eigenvalue weighted by Crippen LogP contribution is 2.19. The van der Waals surface area contributed by atoms with Gasteiger partial charge in [-0.3, -0.25) is 4.79 Å². The molecule has 0 aromatic carbocycles. The predicted molar refractivity (Wildman–Crippen MR) is 48.2 cm³/mol. The van der Waals surface area contributed by atoms with E-state index in [1.54, 1.807) is 0 Å². The fourth-order valence-corrected chi connectivity index (χ4v) is 2.21. The molecule has 2 fully saturated rings. The highest BCUT2D eigenvalue weighted by atomic mass is 16.3. The van der Waals surface area contributed by atoms with Crippen molar-refractivity contribution in [3.8, 4) is 0 Å². The zero-order valence-corrected chi connectivity index (χ0v) is 7.70. The second-order valence-corrected chi connectivity index (χ2v) is 3.82. The van der Waals surface area contributed by atoms with Crippen molar-refractivity contribution in [3.63, 3.8) is 0 Å². The topological polar surface area (TPSA) is 52.6 Å². The van der Waals surface area contributed by atoms with E-state index in [0.29, 0.717) is 13.0 Å². The van der Waals surface area contributed by atoms with Crippen LogP contribution in [0.2, 0.25) is 0 Å². The van der Waals surface area contributed by atoms with Crippen LogP contribution in [0.15, 0.2) is 0 Å². The molecular weight excluding hydrogens is 168 g/mol. The highest BCUT2D eigenvalue weighted by Gasteiger charge is 2.33. The largest absolute Gasteiger partial charge is 0.390 e. The first-order chi connectivity index (χ1) is 6.29. The summed E-state index contributed by atoms with van der Waals surface area (Å²) in [6, 6.07) is 0.0660. The number of rotatable bonds is 1. The molecule has 2 heterocycles. The summed E-state index contributed by atoms with van der Waals surface area (Å²) in [5.74, 6) is 0.214. The number of likely N-dealkylation sites (tertiary alicyclic amines) is 1. The number of carbonyl (C=O) groups excluding carboxylic acids is 1. The molecule has 74 valence electrons. The van der Waals surface area contributed by atoms with Gasteiger partial charge in [-0.15, -0.1) is 0 Å². The quantitative estimate of drug-likeness (QED) is 0.568. The summed E-state index contributed by atoms with van der Waals surface area (Å²) in [6.07, 6.45) is 2.12. The van der Waals surface area contributed by atoms with Crippen LogP contribution in [0.1, 0.15) is 19.3 Å². The van der Waals surface area contributed by atoms with Gasteiger partial charge >= 0.3 is 0 Å². The lowest BCUT2D eigenvalue weighted by Gasteiger charge is -2.35.